The van der Waals surface area contributed by atoms with E-state index in [4.69, 9.17) is 0 Å². The summed E-state index contributed by atoms with van der Waals surface area (Å²) < 4.78 is 0. The molecule has 3 N–H and O–H groups in total. The highest BCUT2D eigenvalue weighted by molar-refractivity contribution is 5.97. The van der Waals surface area contributed by atoms with Crippen molar-refractivity contribution < 1.29 is 15.0 Å². The lowest BCUT2D eigenvalue weighted by atomic mass is 10.1. The first-order valence-electron chi connectivity index (χ1n) is 5.92. The van der Waals surface area contributed by atoms with Crippen LogP contribution in [-0.4, -0.2) is 16.1 Å². The maximum Gasteiger partial charge on any atom is 0.255 e. The highest BCUT2D eigenvalue weighted by Gasteiger charge is 2.13. The molecule has 0 unspecified atom stereocenters. The van der Waals surface area contributed by atoms with Gasteiger partial charge in [0.15, 0.2) is 11.5 Å². The molecule has 1 amide bonds. The summed E-state index contributed by atoms with van der Waals surface area (Å²) in [5.74, 6) is -1.12. The van der Waals surface area contributed by atoms with Crippen LogP contribution in [0, 0.1) is 6.92 Å². The third-order valence-electron chi connectivity index (χ3n) is 2.79. The molecule has 98 valence electrons. The average molecular weight is 257 g/mol. The largest absolute Gasteiger partial charge is 0.504 e. The molecule has 19 heavy (non-hydrogen) atoms. The lowest BCUT2D eigenvalue weighted by molar-refractivity contribution is 0.0947. The highest BCUT2D eigenvalue weighted by Crippen LogP contribution is 2.27. The molecule has 0 atom stereocenters. The van der Waals surface area contributed by atoms with Gasteiger partial charge in [-0.1, -0.05) is 35.9 Å². The molecule has 0 aliphatic carbocycles. The quantitative estimate of drug-likeness (QED) is 0.739. The topological polar surface area (TPSA) is 69.6 Å². The van der Waals surface area contributed by atoms with Crippen LogP contribution in [0.2, 0.25) is 0 Å². The predicted molar refractivity (Wildman–Crippen MR) is 72.1 cm³/mol. The van der Waals surface area contributed by atoms with Crippen LogP contribution in [0.15, 0.2) is 42.5 Å². The van der Waals surface area contributed by atoms with Crippen molar-refractivity contribution in [3.05, 3.63) is 59.2 Å². The van der Waals surface area contributed by atoms with Gasteiger partial charge in [-0.25, -0.2) is 0 Å². The van der Waals surface area contributed by atoms with Crippen LogP contribution < -0.4 is 5.32 Å². The number of carbonyl (C=O) groups is 1. The molecule has 0 bridgehead atoms. The number of amides is 1. The van der Waals surface area contributed by atoms with Crippen molar-refractivity contribution in [2.75, 3.05) is 0 Å². The number of phenolic OH excluding ortho intramolecular Hbond substituents is 2. The Morgan fingerprint density at radius 1 is 1.16 bits per heavy atom. The molecule has 2 aromatic carbocycles. The fraction of sp³-hybridized carbons (Fsp3) is 0.133. The molecule has 0 radical (unpaired) electrons. The van der Waals surface area contributed by atoms with Gasteiger partial charge in [0.05, 0.1) is 5.56 Å². The van der Waals surface area contributed by atoms with E-state index in [1.165, 1.54) is 18.2 Å². The second-order valence-electron chi connectivity index (χ2n) is 4.35. The Labute approximate surface area is 111 Å². The number of aryl methyl sites for hydroxylation is 1. The van der Waals surface area contributed by atoms with Crippen LogP contribution in [0.4, 0.5) is 0 Å². The van der Waals surface area contributed by atoms with Gasteiger partial charge in [-0.15, -0.1) is 0 Å². The van der Waals surface area contributed by atoms with Gasteiger partial charge in [-0.3, -0.25) is 4.79 Å². The minimum atomic E-state index is -0.421. The summed E-state index contributed by atoms with van der Waals surface area (Å²) in [4.78, 5) is 11.9. The van der Waals surface area contributed by atoms with Crippen LogP contribution in [0.1, 0.15) is 21.5 Å². The Morgan fingerprint density at radius 3 is 2.63 bits per heavy atom. The molecular formula is C15H15NO3. The van der Waals surface area contributed by atoms with Crippen molar-refractivity contribution in [1.29, 1.82) is 0 Å². The number of nitrogens with one attached hydrogen (secondary N) is 1. The Balaban J connectivity index is 2.08. The first-order valence-corrected chi connectivity index (χ1v) is 5.92. The number of benzene rings is 2. The summed E-state index contributed by atoms with van der Waals surface area (Å²) in [6.45, 7) is 2.35. The second kappa shape index (κ2) is 5.44. The van der Waals surface area contributed by atoms with Crippen LogP contribution in [0.3, 0.4) is 0 Å². The van der Waals surface area contributed by atoms with Crippen LogP contribution >= 0.6 is 0 Å². The normalized spacial score (nSPS) is 10.2. The van der Waals surface area contributed by atoms with Gasteiger partial charge in [0.25, 0.3) is 5.91 Å². The van der Waals surface area contributed by atoms with Crippen molar-refractivity contribution >= 4 is 5.91 Å². The summed E-state index contributed by atoms with van der Waals surface area (Å²) in [6, 6.07) is 12.1. The van der Waals surface area contributed by atoms with Gasteiger partial charge in [0, 0.05) is 6.54 Å². The zero-order valence-corrected chi connectivity index (χ0v) is 10.6. The minimum Gasteiger partial charge on any atom is -0.504 e. The van der Waals surface area contributed by atoms with Gasteiger partial charge < -0.3 is 15.5 Å². The van der Waals surface area contributed by atoms with Crippen molar-refractivity contribution in [2.45, 2.75) is 13.5 Å². The summed E-state index contributed by atoms with van der Waals surface area (Å²) in [5.41, 5.74) is 2.16. The number of hydrogen-bond acceptors (Lipinski definition) is 3. The number of phenols is 2. The van der Waals surface area contributed by atoms with Crippen LogP contribution in [0.5, 0.6) is 11.5 Å². The zero-order chi connectivity index (χ0) is 13.8. The number of carbonyl (C=O) groups excluding carboxylic acids is 1. The van der Waals surface area contributed by atoms with E-state index in [1.54, 1.807) is 0 Å². The van der Waals surface area contributed by atoms with Crippen molar-refractivity contribution in [2.24, 2.45) is 0 Å². The summed E-state index contributed by atoms with van der Waals surface area (Å²) in [7, 11) is 0. The number of rotatable bonds is 3. The van der Waals surface area contributed by atoms with Crippen molar-refractivity contribution in [3.8, 4) is 11.5 Å². The molecule has 0 aromatic heterocycles. The number of aromatic hydroxyl groups is 2. The molecular weight excluding hydrogens is 242 g/mol. The van der Waals surface area contributed by atoms with E-state index >= 15 is 0 Å². The molecule has 0 saturated heterocycles. The molecule has 0 saturated carbocycles. The molecule has 0 heterocycles. The zero-order valence-electron chi connectivity index (χ0n) is 10.6. The standard InChI is InChI=1S/C15H15NO3/c1-10-4-2-5-11(8-10)9-16-15(19)12-6-3-7-13(17)14(12)18/h2-8,17-18H,9H2,1H3,(H,16,19). The lowest BCUT2D eigenvalue weighted by Gasteiger charge is -2.08. The van der Waals surface area contributed by atoms with E-state index in [0.717, 1.165) is 11.1 Å². The molecule has 4 heteroatoms. The van der Waals surface area contributed by atoms with Crippen molar-refractivity contribution in [1.82, 2.24) is 5.32 Å². The lowest BCUT2D eigenvalue weighted by Crippen LogP contribution is -2.22. The molecule has 2 aromatic rings. The van der Waals surface area contributed by atoms with E-state index in [0.29, 0.717) is 6.54 Å². The molecule has 4 nitrogen and oxygen atoms in total. The van der Waals surface area contributed by atoms with E-state index in [2.05, 4.69) is 5.32 Å². The maximum atomic E-state index is 11.9. The monoisotopic (exact) mass is 257 g/mol. The van der Waals surface area contributed by atoms with Gasteiger partial charge in [0.1, 0.15) is 0 Å². The Bertz CT molecular complexity index is 608. The second-order valence-corrected chi connectivity index (χ2v) is 4.35. The summed E-state index contributed by atoms with van der Waals surface area (Å²) in [6.07, 6.45) is 0. The van der Waals surface area contributed by atoms with Crippen molar-refractivity contribution in [3.63, 3.8) is 0 Å². The first-order chi connectivity index (χ1) is 9.08. The van der Waals surface area contributed by atoms with E-state index in [-0.39, 0.29) is 11.3 Å². The van der Waals surface area contributed by atoms with Gasteiger partial charge >= 0.3 is 0 Å². The van der Waals surface area contributed by atoms with Crippen LogP contribution in [0.25, 0.3) is 0 Å². The highest BCUT2D eigenvalue weighted by atomic mass is 16.3. The smallest absolute Gasteiger partial charge is 0.255 e. The van der Waals surface area contributed by atoms with Gasteiger partial charge in [0.2, 0.25) is 0 Å². The molecule has 0 aliphatic heterocycles. The maximum absolute atomic E-state index is 11.9. The Kier molecular flexibility index (Phi) is 3.71. The summed E-state index contributed by atoms with van der Waals surface area (Å²) >= 11 is 0. The SMILES string of the molecule is Cc1cccc(CNC(=O)c2cccc(O)c2O)c1. The molecule has 0 aliphatic rings. The van der Waals surface area contributed by atoms with E-state index in [9.17, 15) is 15.0 Å². The number of para-hydroxylation sites is 1. The Morgan fingerprint density at radius 2 is 1.89 bits per heavy atom. The third kappa shape index (κ3) is 3.04. The van der Waals surface area contributed by atoms with Crippen LogP contribution in [-0.2, 0) is 6.54 Å². The minimum absolute atomic E-state index is 0.0626. The molecule has 2 rings (SSSR count). The third-order valence-corrected chi connectivity index (χ3v) is 2.79. The van der Waals surface area contributed by atoms with Gasteiger partial charge in [-0.05, 0) is 24.6 Å². The fourth-order valence-electron chi connectivity index (χ4n) is 1.81. The fourth-order valence-corrected chi connectivity index (χ4v) is 1.81. The summed E-state index contributed by atoms with van der Waals surface area (Å²) in [5, 5.41) is 21.6. The van der Waals surface area contributed by atoms with E-state index < -0.39 is 11.7 Å². The van der Waals surface area contributed by atoms with E-state index in [1.807, 2.05) is 31.2 Å². The average Bonchev–Trinajstić information content (AvgIpc) is 2.39. The predicted octanol–water partition coefficient (Wildman–Crippen LogP) is 2.34. The number of hydrogen-bond donors (Lipinski definition) is 3. The Hall–Kier alpha value is -2.49. The van der Waals surface area contributed by atoms with Gasteiger partial charge in [-0.2, -0.15) is 0 Å². The molecule has 0 fully saturated rings. The first kappa shape index (κ1) is 13.0. The molecule has 0 spiro atoms.